The predicted molar refractivity (Wildman–Crippen MR) is 80.1 cm³/mol. The van der Waals surface area contributed by atoms with Gasteiger partial charge in [0.15, 0.2) is 5.60 Å². The molecule has 0 aromatic rings. The molecule has 0 saturated carbocycles. The molecule has 0 radical (unpaired) electrons. The second-order valence-electron chi connectivity index (χ2n) is 6.10. The minimum Gasteiger partial charge on any atom is -0.362 e. The molecule has 2 rings (SSSR count). The van der Waals surface area contributed by atoms with Gasteiger partial charge >= 0.3 is 0 Å². The van der Waals surface area contributed by atoms with Crippen LogP contribution in [0.2, 0.25) is 0 Å². The molecule has 0 aromatic carbocycles. The molecule has 0 aromatic heterocycles. The van der Waals surface area contributed by atoms with Gasteiger partial charge in [-0.25, -0.2) is 0 Å². The van der Waals surface area contributed by atoms with Crippen molar-refractivity contribution in [1.29, 1.82) is 0 Å². The van der Waals surface area contributed by atoms with Crippen molar-refractivity contribution < 1.29 is 19.1 Å². The second-order valence-corrected chi connectivity index (χ2v) is 6.10. The molecule has 1 atom stereocenters. The van der Waals surface area contributed by atoms with Crippen LogP contribution in [0.1, 0.15) is 32.6 Å². The summed E-state index contributed by atoms with van der Waals surface area (Å²) in [6.45, 7) is 3.41. The highest BCUT2D eigenvalue weighted by Crippen LogP contribution is 2.19. The van der Waals surface area contributed by atoms with Crippen molar-refractivity contribution in [2.75, 3.05) is 39.8 Å². The molecule has 3 amide bonds. The number of carbonyl (C=O) groups is 3. The first-order valence-electron chi connectivity index (χ1n) is 7.88. The van der Waals surface area contributed by atoms with Gasteiger partial charge in [-0.15, -0.1) is 0 Å². The quantitative estimate of drug-likeness (QED) is 0.780. The highest BCUT2D eigenvalue weighted by Gasteiger charge is 2.40. The minimum absolute atomic E-state index is 0.0492. The van der Waals surface area contributed by atoms with E-state index >= 15 is 0 Å². The van der Waals surface area contributed by atoms with Crippen LogP contribution in [0.15, 0.2) is 0 Å². The van der Waals surface area contributed by atoms with Gasteiger partial charge in [0.25, 0.3) is 5.91 Å². The Kier molecular flexibility index (Phi) is 5.39. The Hall–Kier alpha value is -1.63. The molecular formula is C15H25N3O4. The molecule has 1 N–H and O–H groups in total. The van der Waals surface area contributed by atoms with Gasteiger partial charge in [-0.3, -0.25) is 14.4 Å². The number of rotatable bonds is 3. The Labute approximate surface area is 131 Å². The number of hydrogen-bond donors (Lipinski definition) is 1. The third-order valence-corrected chi connectivity index (χ3v) is 4.33. The van der Waals surface area contributed by atoms with E-state index in [2.05, 4.69) is 5.32 Å². The van der Waals surface area contributed by atoms with Crippen LogP contribution in [0, 0.1) is 0 Å². The zero-order valence-corrected chi connectivity index (χ0v) is 13.4. The number of amides is 3. The van der Waals surface area contributed by atoms with Crippen molar-refractivity contribution in [3.05, 3.63) is 0 Å². The van der Waals surface area contributed by atoms with Gasteiger partial charge in [0.1, 0.15) is 0 Å². The average molecular weight is 311 g/mol. The van der Waals surface area contributed by atoms with Gasteiger partial charge in [-0.2, -0.15) is 0 Å². The van der Waals surface area contributed by atoms with E-state index in [0.717, 1.165) is 19.3 Å². The topological polar surface area (TPSA) is 79.0 Å². The van der Waals surface area contributed by atoms with Gasteiger partial charge in [0.05, 0.1) is 19.7 Å². The number of likely N-dealkylation sites (N-methyl/N-ethyl adjacent to an activating group) is 1. The molecule has 0 bridgehead atoms. The van der Waals surface area contributed by atoms with Crippen molar-refractivity contribution in [3.63, 3.8) is 0 Å². The average Bonchev–Trinajstić information content (AvgIpc) is 2.71. The Bertz CT molecular complexity index is 454. The van der Waals surface area contributed by atoms with Crippen LogP contribution >= 0.6 is 0 Å². The molecule has 2 aliphatic rings. The minimum atomic E-state index is -1.02. The van der Waals surface area contributed by atoms with Gasteiger partial charge in [-0.1, -0.05) is 6.42 Å². The fourth-order valence-corrected chi connectivity index (χ4v) is 2.95. The molecule has 0 aliphatic carbocycles. The largest absolute Gasteiger partial charge is 0.362 e. The molecule has 124 valence electrons. The Morgan fingerprint density at radius 2 is 2.05 bits per heavy atom. The fourth-order valence-electron chi connectivity index (χ4n) is 2.95. The zero-order valence-electron chi connectivity index (χ0n) is 13.4. The maximum atomic E-state index is 12.5. The SMILES string of the molecule is CNC(=O)[C@@]1(C)CN(C(=O)CN2CCCCCC2=O)CCO1. The third-order valence-electron chi connectivity index (χ3n) is 4.33. The predicted octanol–water partition coefficient (Wildman–Crippen LogP) is -0.247. The maximum Gasteiger partial charge on any atom is 0.253 e. The summed E-state index contributed by atoms with van der Waals surface area (Å²) in [7, 11) is 1.55. The van der Waals surface area contributed by atoms with Crippen LogP contribution in [0.4, 0.5) is 0 Å². The van der Waals surface area contributed by atoms with Gasteiger partial charge in [0.2, 0.25) is 11.8 Å². The van der Waals surface area contributed by atoms with Crippen LogP contribution in [-0.2, 0) is 19.1 Å². The fraction of sp³-hybridized carbons (Fsp3) is 0.800. The lowest BCUT2D eigenvalue weighted by Gasteiger charge is -2.39. The maximum absolute atomic E-state index is 12.5. The first-order valence-corrected chi connectivity index (χ1v) is 7.88. The summed E-state index contributed by atoms with van der Waals surface area (Å²) in [5.41, 5.74) is -1.02. The number of likely N-dealkylation sites (tertiary alicyclic amines) is 1. The summed E-state index contributed by atoms with van der Waals surface area (Å²) in [5, 5.41) is 2.56. The molecule has 7 heteroatoms. The number of nitrogens with zero attached hydrogens (tertiary/aromatic N) is 2. The molecule has 2 saturated heterocycles. The van der Waals surface area contributed by atoms with Crippen LogP contribution in [0.5, 0.6) is 0 Å². The number of nitrogens with one attached hydrogen (secondary N) is 1. The zero-order chi connectivity index (χ0) is 16.2. The molecule has 22 heavy (non-hydrogen) atoms. The molecule has 2 aliphatic heterocycles. The molecular weight excluding hydrogens is 286 g/mol. The van der Waals surface area contributed by atoms with E-state index in [4.69, 9.17) is 4.74 Å². The normalized spacial score (nSPS) is 26.5. The first-order chi connectivity index (χ1) is 10.5. The van der Waals surface area contributed by atoms with Crippen molar-refractivity contribution in [2.45, 2.75) is 38.2 Å². The second kappa shape index (κ2) is 7.09. The van der Waals surface area contributed by atoms with Crippen LogP contribution in [0.3, 0.4) is 0 Å². The molecule has 7 nitrogen and oxygen atoms in total. The summed E-state index contributed by atoms with van der Waals surface area (Å²) < 4.78 is 5.54. The van der Waals surface area contributed by atoms with Crippen molar-refractivity contribution in [1.82, 2.24) is 15.1 Å². The van der Waals surface area contributed by atoms with Gasteiger partial charge < -0.3 is 19.9 Å². The smallest absolute Gasteiger partial charge is 0.253 e. The lowest BCUT2D eigenvalue weighted by molar-refractivity contribution is -0.163. The highest BCUT2D eigenvalue weighted by molar-refractivity contribution is 5.88. The van der Waals surface area contributed by atoms with Gasteiger partial charge in [-0.05, 0) is 19.8 Å². The summed E-state index contributed by atoms with van der Waals surface area (Å²) in [6, 6.07) is 0. The standard InChI is InChI=1S/C15H25N3O4/c1-15(14(21)16-2)11-18(8-9-22-15)13(20)10-17-7-5-3-4-6-12(17)19/h3-11H2,1-2H3,(H,16,21)/t15-/m1/s1. The highest BCUT2D eigenvalue weighted by atomic mass is 16.5. The summed E-state index contributed by atoms with van der Waals surface area (Å²) in [5.74, 6) is -0.308. The monoisotopic (exact) mass is 311 g/mol. The first kappa shape index (κ1) is 16.7. The Morgan fingerprint density at radius 1 is 1.27 bits per heavy atom. The van der Waals surface area contributed by atoms with Crippen molar-refractivity contribution in [3.8, 4) is 0 Å². The Balaban J connectivity index is 1.97. The van der Waals surface area contributed by atoms with E-state index in [1.807, 2.05) is 0 Å². The van der Waals surface area contributed by atoms with Gasteiger partial charge in [0, 0.05) is 26.6 Å². The van der Waals surface area contributed by atoms with Crippen molar-refractivity contribution in [2.24, 2.45) is 0 Å². The van der Waals surface area contributed by atoms with E-state index in [-0.39, 0.29) is 30.8 Å². The Morgan fingerprint density at radius 3 is 2.77 bits per heavy atom. The summed E-state index contributed by atoms with van der Waals surface area (Å²) >= 11 is 0. The van der Waals surface area contributed by atoms with Crippen LogP contribution in [0.25, 0.3) is 0 Å². The van der Waals surface area contributed by atoms with E-state index in [1.54, 1.807) is 23.8 Å². The van der Waals surface area contributed by atoms with E-state index in [1.165, 1.54) is 0 Å². The van der Waals surface area contributed by atoms with E-state index < -0.39 is 5.60 Å². The summed E-state index contributed by atoms with van der Waals surface area (Å²) in [4.78, 5) is 39.6. The number of hydrogen-bond acceptors (Lipinski definition) is 4. The number of carbonyl (C=O) groups excluding carboxylic acids is 3. The molecule has 2 fully saturated rings. The lowest BCUT2D eigenvalue weighted by atomic mass is 10.0. The summed E-state index contributed by atoms with van der Waals surface area (Å²) in [6.07, 6.45) is 3.39. The number of ether oxygens (including phenoxy) is 1. The molecule has 0 spiro atoms. The lowest BCUT2D eigenvalue weighted by Crippen LogP contribution is -2.60. The molecule has 2 heterocycles. The van der Waals surface area contributed by atoms with Crippen LogP contribution in [-0.4, -0.2) is 73.0 Å². The number of morpholine rings is 1. The van der Waals surface area contributed by atoms with E-state index in [0.29, 0.717) is 26.1 Å². The third kappa shape index (κ3) is 3.76. The van der Waals surface area contributed by atoms with Crippen molar-refractivity contribution >= 4 is 17.7 Å². The molecule has 0 unspecified atom stereocenters. The van der Waals surface area contributed by atoms with E-state index in [9.17, 15) is 14.4 Å². The van der Waals surface area contributed by atoms with Crippen LogP contribution < -0.4 is 5.32 Å².